The smallest absolute Gasteiger partial charge is 0.125 e. The summed E-state index contributed by atoms with van der Waals surface area (Å²) in [6, 6.07) is 8.40. The van der Waals surface area contributed by atoms with Crippen molar-refractivity contribution in [3.63, 3.8) is 0 Å². The molecule has 2 heteroatoms. The maximum Gasteiger partial charge on any atom is 0.125 e. The van der Waals surface area contributed by atoms with Crippen molar-refractivity contribution in [2.75, 3.05) is 0 Å². The summed E-state index contributed by atoms with van der Waals surface area (Å²) in [5.74, 6) is 0. The lowest BCUT2D eigenvalue weighted by Gasteiger charge is -1.94. The highest BCUT2D eigenvalue weighted by molar-refractivity contribution is 5.81. The number of benzene rings is 1. The Morgan fingerprint density at radius 2 is 2.21 bits per heavy atom. The molecule has 14 heavy (non-hydrogen) atoms. The fraction of sp³-hybridized carbons (Fsp3) is 0.250. The first-order chi connectivity index (χ1) is 6.83. The Morgan fingerprint density at radius 3 is 2.93 bits per heavy atom. The summed E-state index contributed by atoms with van der Waals surface area (Å²) >= 11 is 0. The van der Waals surface area contributed by atoms with E-state index in [-0.39, 0.29) is 0 Å². The van der Waals surface area contributed by atoms with E-state index in [0.717, 1.165) is 23.9 Å². The SMILES string of the molecule is CCc1ccc2[nH]c(CC=O)cc2c1. The van der Waals surface area contributed by atoms with E-state index in [9.17, 15) is 4.79 Å². The lowest BCUT2D eigenvalue weighted by atomic mass is 10.1. The van der Waals surface area contributed by atoms with Crippen LogP contribution in [0.5, 0.6) is 0 Å². The number of nitrogens with one attached hydrogen (secondary N) is 1. The van der Waals surface area contributed by atoms with Gasteiger partial charge in [0.1, 0.15) is 6.29 Å². The van der Waals surface area contributed by atoms with Crippen molar-refractivity contribution in [1.29, 1.82) is 0 Å². The van der Waals surface area contributed by atoms with E-state index in [2.05, 4.69) is 30.1 Å². The quantitative estimate of drug-likeness (QED) is 0.736. The summed E-state index contributed by atoms with van der Waals surface area (Å²) in [4.78, 5) is 13.6. The Morgan fingerprint density at radius 1 is 1.36 bits per heavy atom. The normalized spacial score (nSPS) is 10.6. The number of aldehydes is 1. The second-order valence-electron chi connectivity index (χ2n) is 3.44. The molecule has 1 heterocycles. The molecule has 1 N–H and O–H groups in total. The maximum absolute atomic E-state index is 10.4. The van der Waals surface area contributed by atoms with Gasteiger partial charge in [0.2, 0.25) is 0 Å². The average Bonchev–Trinajstić information content (AvgIpc) is 2.59. The van der Waals surface area contributed by atoms with Crippen LogP contribution in [0.2, 0.25) is 0 Å². The number of aromatic nitrogens is 1. The predicted octanol–water partition coefficient (Wildman–Crippen LogP) is 2.47. The zero-order valence-electron chi connectivity index (χ0n) is 8.21. The maximum atomic E-state index is 10.4. The van der Waals surface area contributed by atoms with Crippen molar-refractivity contribution in [3.05, 3.63) is 35.5 Å². The molecule has 2 nitrogen and oxygen atoms in total. The first-order valence-electron chi connectivity index (χ1n) is 4.87. The summed E-state index contributed by atoms with van der Waals surface area (Å²) in [6.07, 6.45) is 2.44. The Balaban J connectivity index is 2.48. The van der Waals surface area contributed by atoms with Gasteiger partial charge in [-0.1, -0.05) is 13.0 Å². The molecule has 0 fully saturated rings. The summed E-state index contributed by atoms with van der Waals surface area (Å²) in [5, 5.41) is 1.20. The third-order valence-electron chi connectivity index (χ3n) is 2.45. The van der Waals surface area contributed by atoms with Crippen LogP contribution in [0.15, 0.2) is 24.3 Å². The predicted molar refractivity (Wildman–Crippen MR) is 57.4 cm³/mol. The third-order valence-corrected chi connectivity index (χ3v) is 2.45. The van der Waals surface area contributed by atoms with Crippen molar-refractivity contribution in [3.8, 4) is 0 Å². The summed E-state index contributed by atoms with van der Waals surface area (Å²) in [7, 11) is 0. The number of carbonyl (C=O) groups excluding carboxylic acids is 1. The first kappa shape index (κ1) is 9.00. The van der Waals surface area contributed by atoms with Gasteiger partial charge in [-0.2, -0.15) is 0 Å². The van der Waals surface area contributed by atoms with Crippen LogP contribution >= 0.6 is 0 Å². The molecule has 0 spiro atoms. The Labute approximate surface area is 82.9 Å². The van der Waals surface area contributed by atoms with Gasteiger partial charge in [-0.05, 0) is 35.6 Å². The van der Waals surface area contributed by atoms with Gasteiger partial charge in [-0.15, -0.1) is 0 Å². The van der Waals surface area contributed by atoms with Crippen molar-refractivity contribution in [2.45, 2.75) is 19.8 Å². The highest BCUT2D eigenvalue weighted by Crippen LogP contribution is 2.17. The minimum Gasteiger partial charge on any atom is -0.358 e. The monoisotopic (exact) mass is 187 g/mol. The molecule has 0 saturated carbocycles. The molecular weight excluding hydrogens is 174 g/mol. The van der Waals surface area contributed by atoms with Crippen LogP contribution in [0.4, 0.5) is 0 Å². The molecule has 1 aromatic heterocycles. The number of H-pyrrole nitrogens is 1. The largest absolute Gasteiger partial charge is 0.358 e. The van der Waals surface area contributed by atoms with Gasteiger partial charge in [0.25, 0.3) is 0 Å². The van der Waals surface area contributed by atoms with E-state index in [1.807, 2.05) is 6.07 Å². The summed E-state index contributed by atoms with van der Waals surface area (Å²) in [5.41, 5.74) is 3.43. The minimum atomic E-state index is 0.468. The minimum absolute atomic E-state index is 0.468. The Kier molecular flexibility index (Phi) is 2.35. The van der Waals surface area contributed by atoms with Gasteiger partial charge in [-0.25, -0.2) is 0 Å². The van der Waals surface area contributed by atoms with Crippen molar-refractivity contribution in [2.24, 2.45) is 0 Å². The highest BCUT2D eigenvalue weighted by atomic mass is 16.1. The molecule has 2 aromatic rings. The molecule has 0 bridgehead atoms. The van der Waals surface area contributed by atoms with Crippen LogP contribution in [-0.2, 0) is 17.6 Å². The van der Waals surface area contributed by atoms with E-state index in [0.29, 0.717) is 6.42 Å². The van der Waals surface area contributed by atoms with Crippen LogP contribution in [-0.4, -0.2) is 11.3 Å². The van der Waals surface area contributed by atoms with Gasteiger partial charge >= 0.3 is 0 Å². The standard InChI is InChI=1S/C12H13NO/c1-2-9-3-4-12-10(7-9)8-11(13-12)5-6-14/h3-4,6-8,13H,2,5H2,1H3. The zero-order valence-corrected chi connectivity index (χ0v) is 8.21. The number of aryl methyl sites for hydroxylation is 1. The molecular formula is C12H13NO. The Bertz CT molecular complexity index is 456. The molecule has 1 aromatic carbocycles. The number of rotatable bonds is 3. The zero-order chi connectivity index (χ0) is 9.97. The third kappa shape index (κ3) is 1.55. The van der Waals surface area contributed by atoms with Crippen molar-refractivity contribution in [1.82, 2.24) is 4.98 Å². The van der Waals surface area contributed by atoms with Gasteiger partial charge in [0.05, 0.1) is 0 Å². The molecule has 0 amide bonds. The lowest BCUT2D eigenvalue weighted by Crippen LogP contribution is -1.83. The molecule has 0 aliphatic carbocycles. The molecule has 0 saturated heterocycles. The van der Waals surface area contributed by atoms with E-state index in [4.69, 9.17) is 0 Å². The molecule has 0 aliphatic rings. The van der Waals surface area contributed by atoms with E-state index in [1.165, 1.54) is 10.9 Å². The summed E-state index contributed by atoms with van der Waals surface area (Å²) < 4.78 is 0. The van der Waals surface area contributed by atoms with Crippen LogP contribution < -0.4 is 0 Å². The van der Waals surface area contributed by atoms with Crippen LogP contribution in [0.25, 0.3) is 10.9 Å². The van der Waals surface area contributed by atoms with Crippen LogP contribution in [0.3, 0.4) is 0 Å². The number of hydrogen-bond donors (Lipinski definition) is 1. The van der Waals surface area contributed by atoms with Gasteiger partial charge < -0.3 is 9.78 Å². The Hall–Kier alpha value is -1.57. The van der Waals surface area contributed by atoms with E-state index >= 15 is 0 Å². The lowest BCUT2D eigenvalue weighted by molar-refractivity contribution is -0.107. The van der Waals surface area contributed by atoms with Gasteiger partial charge in [0, 0.05) is 17.6 Å². The van der Waals surface area contributed by atoms with Crippen LogP contribution in [0.1, 0.15) is 18.2 Å². The molecule has 0 atom stereocenters. The fourth-order valence-electron chi connectivity index (χ4n) is 1.66. The fourth-order valence-corrected chi connectivity index (χ4v) is 1.66. The van der Waals surface area contributed by atoms with Crippen LogP contribution in [0, 0.1) is 0 Å². The molecule has 0 aliphatic heterocycles. The highest BCUT2D eigenvalue weighted by Gasteiger charge is 2.00. The second-order valence-corrected chi connectivity index (χ2v) is 3.44. The van der Waals surface area contributed by atoms with Crippen molar-refractivity contribution < 1.29 is 4.79 Å². The van der Waals surface area contributed by atoms with Gasteiger partial charge in [0.15, 0.2) is 0 Å². The first-order valence-corrected chi connectivity index (χ1v) is 4.87. The molecule has 72 valence electrons. The topological polar surface area (TPSA) is 32.9 Å². The summed E-state index contributed by atoms with van der Waals surface area (Å²) in [6.45, 7) is 2.14. The van der Waals surface area contributed by atoms with Crippen molar-refractivity contribution >= 4 is 17.2 Å². The number of carbonyl (C=O) groups is 1. The molecule has 0 unspecified atom stereocenters. The van der Waals surface area contributed by atoms with Gasteiger partial charge in [-0.3, -0.25) is 0 Å². The molecule has 2 rings (SSSR count). The average molecular weight is 187 g/mol. The van der Waals surface area contributed by atoms with E-state index < -0.39 is 0 Å². The number of aromatic amines is 1. The number of fused-ring (bicyclic) bond motifs is 1. The second kappa shape index (κ2) is 3.66. The van der Waals surface area contributed by atoms with E-state index in [1.54, 1.807) is 0 Å². The number of hydrogen-bond acceptors (Lipinski definition) is 1. The molecule has 0 radical (unpaired) electrons.